The van der Waals surface area contributed by atoms with Crippen LogP contribution in [-0.2, 0) is 0 Å². The zero-order chi connectivity index (χ0) is 22.4. The minimum atomic E-state index is -0.341. The van der Waals surface area contributed by atoms with Crippen molar-refractivity contribution in [2.24, 2.45) is 0 Å². The van der Waals surface area contributed by atoms with Crippen molar-refractivity contribution in [3.05, 3.63) is 82.2 Å². The van der Waals surface area contributed by atoms with E-state index in [1.807, 2.05) is 0 Å². The molecule has 2 heterocycles. The first-order valence-corrected chi connectivity index (χ1v) is 9.96. The number of aromatic nitrogens is 2. The van der Waals surface area contributed by atoms with Crippen molar-refractivity contribution in [2.45, 2.75) is 6.42 Å². The topological polar surface area (TPSA) is 121 Å². The first-order valence-electron chi connectivity index (χ1n) is 9.96. The number of phenols is 1. The quantitative estimate of drug-likeness (QED) is 0.170. The third kappa shape index (κ3) is 2.86. The van der Waals surface area contributed by atoms with Gasteiger partial charge in [-0.3, -0.25) is 14.5 Å². The number of benzene rings is 3. The fourth-order valence-corrected chi connectivity index (χ4v) is 3.97. The van der Waals surface area contributed by atoms with E-state index in [1.165, 1.54) is 29.2 Å². The van der Waals surface area contributed by atoms with Gasteiger partial charge in [-0.25, -0.2) is 0 Å². The van der Waals surface area contributed by atoms with Crippen LogP contribution < -0.4 is 14.2 Å². The summed E-state index contributed by atoms with van der Waals surface area (Å²) < 4.78 is 6.81. The molecule has 0 saturated carbocycles. The Morgan fingerprint density at radius 1 is 0.812 bits per heavy atom. The third-order valence-corrected chi connectivity index (χ3v) is 5.48. The summed E-state index contributed by atoms with van der Waals surface area (Å²) in [5.41, 5.74) is 0.727. The summed E-state index contributed by atoms with van der Waals surface area (Å²) in [6, 6.07) is 15.5. The summed E-state index contributed by atoms with van der Waals surface area (Å²) in [5, 5.41) is 35.7. The van der Waals surface area contributed by atoms with E-state index in [-0.39, 0.29) is 58.5 Å². The van der Waals surface area contributed by atoms with E-state index < -0.39 is 0 Å². The van der Waals surface area contributed by atoms with Gasteiger partial charge in [-0.2, -0.15) is 9.46 Å². The van der Waals surface area contributed by atoms with Crippen molar-refractivity contribution >= 4 is 33.9 Å². The van der Waals surface area contributed by atoms with Gasteiger partial charge in [0.1, 0.15) is 0 Å². The lowest BCUT2D eigenvalue weighted by atomic mass is 10.1. The Morgan fingerprint density at radius 2 is 1.41 bits per heavy atom. The predicted molar refractivity (Wildman–Crippen MR) is 113 cm³/mol. The minimum absolute atomic E-state index is 0.00887. The summed E-state index contributed by atoms with van der Waals surface area (Å²) in [5.74, 6) is -0.787. The molecule has 0 atom stereocenters. The van der Waals surface area contributed by atoms with Crippen LogP contribution in [0.15, 0.2) is 60.7 Å². The van der Waals surface area contributed by atoms with Crippen molar-refractivity contribution in [3.63, 3.8) is 0 Å². The maximum atomic E-state index is 12.9. The molecule has 160 valence electrons. The van der Waals surface area contributed by atoms with Crippen LogP contribution in [0.4, 0.5) is 0 Å². The second-order valence-electron chi connectivity index (χ2n) is 7.37. The van der Waals surface area contributed by atoms with E-state index in [0.717, 1.165) is 0 Å². The normalized spacial score (nSPS) is 13.2. The maximum Gasteiger partial charge on any atom is 0.332 e. The Hall–Kier alpha value is -4.40. The van der Waals surface area contributed by atoms with Gasteiger partial charge in [0.05, 0.1) is 17.7 Å². The van der Waals surface area contributed by atoms with Crippen molar-refractivity contribution < 1.29 is 28.9 Å². The van der Waals surface area contributed by atoms with E-state index in [4.69, 9.17) is 4.74 Å². The van der Waals surface area contributed by atoms with E-state index in [2.05, 4.69) is 0 Å². The van der Waals surface area contributed by atoms with Gasteiger partial charge in [-0.05, 0) is 30.7 Å². The van der Waals surface area contributed by atoms with Crippen LogP contribution in [-0.4, -0.2) is 35.0 Å². The number of amides is 2. The molecule has 2 amide bonds. The summed E-state index contributed by atoms with van der Waals surface area (Å²) >= 11 is 0. The number of fused-ring (bicyclic) bond motifs is 3. The third-order valence-electron chi connectivity index (χ3n) is 5.48. The number of rotatable bonds is 5. The number of carbonyl (C=O) groups excluding carboxylic acids is 2. The molecular weight excluding hydrogens is 414 g/mol. The molecule has 4 aromatic rings. The van der Waals surface area contributed by atoms with Gasteiger partial charge < -0.3 is 20.3 Å². The SMILES string of the molecule is O=C1c2ccccc2C(=O)N1CCCOc1cccc2c1[n+]([O-])c1cccc(O)c1[n+]2[O-]. The van der Waals surface area contributed by atoms with Gasteiger partial charge >= 0.3 is 11.0 Å². The van der Waals surface area contributed by atoms with Gasteiger partial charge in [0.2, 0.25) is 0 Å². The van der Waals surface area contributed by atoms with Crippen LogP contribution in [0.5, 0.6) is 11.5 Å². The molecule has 1 aliphatic rings. The maximum absolute atomic E-state index is 12.9. The Labute approximate surface area is 181 Å². The lowest BCUT2D eigenvalue weighted by Crippen LogP contribution is -2.39. The molecule has 3 aromatic carbocycles. The number of hydrogen-bond acceptors (Lipinski definition) is 6. The Morgan fingerprint density at radius 3 is 2.09 bits per heavy atom. The molecule has 0 bridgehead atoms. The number of phenolic OH excluding ortho intramolecular Hbond substituents is 1. The number of imide groups is 1. The van der Waals surface area contributed by atoms with Gasteiger partial charge in [0, 0.05) is 18.7 Å². The molecule has 0 aliphatic carbocycles. The van der Waals surface area contributed by atoms with Gasteiger partial charge in [-0.15, -0.1) is 0 Å². The number of aromatic hydroxyl groups is 1. The van der Waals surface area contributed by atoms with E-state index >= 15 is 0 Å². The van der Waals surface area contributed by atoms with Crippen molar-refractivity contribution in [2.75, 3.05) is 13.2 Å². The van der Waals surface area contributed by atoms with Gasteiger partial charge in [0.15, 0.2) is 11.5 Å². The van der Waals surface area contributed by atoms with Crippen LogP contribution in [0.1, 0.15) is 27.1 Å². The number of carbonyl (C=O) groups is 2. The highest BCUT2D eigenvalue weighted by Gasteiger charge is 2.34. The fraction of sp³-hybridized carbons (Fsp3) is 0.130. The second-order valence-corrected chi connectivity index (χ2v) is 7.37. The largest absolute Gasteiger partial charge is 0.617 e. The van der Waals surface area contributed by atoms with Crippen LogP contribution in [0.3, 0.4) is 0 Å². The minimum Gasteiger partial charge on any atom is -0.617 e. The number of para-hydroxylation sites is 2. The average molecular weight is 431 g/mol. The lowest BCUT2D eigenvalue weighted by molar-refractivity contribution is -0.591. The fourth-order valence-electron chi connectivity index (χ4n) is 3.97. The standard InChI is InChI=1S/C23H17N3O6/c27-18-10-3-8-16-20(18)25(30)17-9-4-11-19(21(17)26(16)31)32-13-5-12-24-22(28)14-6-1-2-7-15(14)23(24)29/h1-4,6-11,27H,5,12-13H2. The van der Waals surface area contributed by atoms with Crippen molar-refractivity contribution in [1.29, 1.82) is 0 Å². The van der Waals surface area contributed by atoms with Crippen LogP contribution in [0.2, 0.25) is 0 Å². The predicted octanol–water partition coefficient (Wildman–Crippen LogP) is 2.03. The smallest absolute Gasteiger partial charge is 0.332 e. The highest BCUT2D eigenvalue weighted by atomic mass is 16.5. The molecule has 9 nitrogen and oxygen atoms in total. The molecule has 1 aromatic heterocycles. The molecule has 0 fully saturated rings. The first-order chi connectivity index (χ1) is 15.5. The molecule has 0 spiro atoms. The Balaban J connectivity index is 1.37. The van der Waals surface area contributed by atoms with Crippen LogP contribution >= 0.6 is 0 Å². The van der Waals surface area contributed by atoms with Crippen LogP contribution in [0.25, 0.3) is 22.1 Å². The number of hydrogen-bond donors (Lipinski definition) is 1. The average Bonchev–Trinajstić information content (AvgIpc) is 3.05. The summed E-state index contributed by atoms with van der Waals surface area (Å²) in [6.45, 7) is 0.274. The number of ether oxygens (including phenoxy) is 1. The highest BCUT2D eigenvalue weighted by Crippen LogP contribution is 2.26. The van der Waals surface area contributed by atoms with Crippen molar-refractivity contribution in [3.8, 4) is 11.5 Å². The lowest BCUT2D eigenvalue weighted by Gasteiger charge is -2.14. The zero-order valence-electron chi connectivity index (χ0n) is 16.7. The van der Waals surface area contributed by atoms with E-state index in [1.54, 1.807) is 36.4 Å². The Kier molecular flexibility index (Phi) is 4.51. The summed E-state index contributed by atoms with van der Waals surface area (Å²) in [4.78, 5) is 26.1. The monoisotopic (exact) mass is 431 g/mol. The first kappa shape index (κ1) is 19.6. The van der Waals surface area contributed by atoms with Crippen molar-refractivity contribution in [1.82, 2.24) is 4.90 Å². The highest BCUT2D eigenvalue weighted by molar-refractivity contribution is 6.21. The molecule has 32 heavy (non-hydrogen) atoms. The molecule has 1 aliphatic heterocycles. The van der Waals surface area contributed by atoms with Gasteiger partial charge in [-0.1, -0.05) is 24.3 Å². The van der Waals surface area contributed by atoms with E-state index in [9.17, 15) is 25.1 Å². The molecule has 0 radical (unpaired) electrons. The summed E-state index contributed by atoms with van der Waals surface area (Å²) in [6.07, 6.45) is 0.340. The van der Waals surface area contributed by atoms with E-state index in [0.29, 0.717) is 27.0 Å². The Bertz CT molecular complexity index is 1380. The molecule has 1 N–H and O–H groups in total. The molecule has 0 unspecified atom stereocenters. The second kappa shape index (κ2) is 7.38. The van der Waals surface area contributed by atoms with Crippen LogP contribution in [0, 0.1) is 10.4 Å². The molecule has 5 rings (SSSR count). The molecular formula is C23H17N3O6. The zero-order valence-corrected chi connectivity index (χ0v) is 16.7. The number of nitrogens with zero attached hydrogens (tertiary/aromatic N) is 3. The van der Waals surface area contributed by atoms with Gasteiger partial charge in [0.25, 0.3) is 22.8 Å². The molecule has 9 heteroatoms. The summed E-state index contributed by atoms with van der Waals surface area (Å²) in [7, 11) is 0. The molecule has 0 saturated heterocycles.